The second-order valence-electron chi connectivity index (χ2n) is 3.75. The van der Waals surface area contributed by atoms with Gasteiger partial charge in [-0.2, -0.15) is 26.9 Å². The number of benzene rings is 2. The Labute approximate surface area is 112 Å². The van der Waals surface area contributed by atoms with Crippen LogP contribution in [0.4, 0.5) is 13.2 Å². The van der Waals surface area contributed by atoms with E-state index in [9.17, 15) is 21.6 Å². The molecule has 0 unspecified atom stereocenters. The first-order chi connectivity index (χ1) is 9.26. The van der Waals surface area contributed by atoms with Crippen LogP contribution in [0.1, 0.15) is 5.56 Å². The fourth-order valence-electron chi connectivity index (χ4n) is 1.62. The molecule has 8 heteroatoms. The molecule has 0 saturated heterocycles. The third-order valence-corrected chi connectivity index (χ3v) is 3.45. The highest BCUT2D eigenvalue weighted by atomic mass is 32.2. The highest BCUT2D eigenvalue weighted by Crippen LogP contribution is 2.32. The summed E-state index contributed by atoms with van der Waals surface area (Å²) in [6.45, 7) is 0. The standard InChI is InChI=1S/C12H6F3NO3S/c13-12(14,15)20(17,18)19-11-6-2-4-9-8(7-16)3-1-5-10(9)11/h1-6H. The van der Waals surface area contributed by atoms with Gasteiger partial charge in [-0.15, -0.1) is 0 Å². The second kappa shape index (κ2) is 4.68. The molecule has 0 amide bonds. The van der Waals surface area contributed by atoms with Gasteiger partial charge in [-0.25, -0.2) is 0 Å². The molecule has 0 N–H and O–H groups in total. The predicted molar refractivity (Wildman–Crippen MR) is 64.3 cm³/mol. The monoisotopic (exact) mass is 301 g/mol. The van der Waals surface area contributed by atoms with E-state index in [1.54, 1.807) is 0 Å². The summed E-state index contributed by atoms with van der Waals surface area (Å²) in [5.74, 6) is -0.475. The maximum Gasteiger partial charge on any atom is 0.534 e. The van der Waals surface area contributed by atoms with Gasteiger partial charge in [-0.3, -0.25) is 0 Å². The highest BCUT2D eigenvalue weighted by molar-refractivity contribution is 7.88. The third-order valence-electron chi connectivity index (χ3n) is 2.49. The van der Waals surface area contributed by atoms with E-state index in [1.165, 1.54) is 30.3 Å². The Balaban J connectivity index is 2.61. The Hall–Kier alpha value is -2.27. The minimum atomic E-state index is -5.74. The molecule has 4 nitrogen and oxygen atoms in total. The van der Waals surface area contributed by atoms with Crippen LogP contribution >= 0.6 is 0 Å². The lowest BCUT2D eigenvalue weighted by atomic mass is 10.1. The molecule has 20 heavy (non-hydrogen) atoms. The van der Waals surface area contributed by atoms with Crippen LogP contribution < -0.4 is 4.18 Å². The average molecular weight is 301 g/mol. The topological polar surface area (TPSA) is 67.2 Å². The Morgan fingerprint density at radius 2 is 1.65 bits per heavy atom. The summed E-state index contributed by atoms with van der Waals surface area (Å²) < 4.78 is 63.0. The molecule has 0 heterocycles. The minimum Gasteiger partial charge on any atom is -0.375 e. The van der Waals surface area contributed by atoms with Crippen LogP contribution in [0.5, 0.6) is 5.75 Å². The summed E-state index contributed by atoms with van der Waals surface area (Å²) in [6, 6.07) is 10.0. The summed E-state index contributed by atoms with van der Waals surface area (Å²) in [6.07, 6.45) is 0. The first-order valence-electron chi connectivity index (χ1n) is 5.19. The Morgan fingerprint density at radius 3 is 2.25 bits per heavy atom. The van der Waals surface area contributed by atoms with Crippen LogP contribution in [-0.4, -0.2) is 13.9 Å². The van der Waals surface area contributed by atoms with Crippen LogP contribution in [-0.2, 0) is 10.1 Å². The molecule has 0 bridgehead atoms. The molecule has 2 aromatic rings. The van der Waals surface area contributed by atoms with Crippen molar-refractivity contribution in [3.05, 3.63) is 42.0 Å². The SMILES string of the molecule is N#Cc1cccc2c(OS(=O)(=O)C(F)(F)F)cccc12. The van der Waals surface area contributed by atoms with Crippen molar-refractivity contribution < 1.29 is 25.8 Å². The maximum absolute atomic E-state index is 12.3. The molecule has 2 rings (SSSR count). The molecule has 0 radical (unpaired) electrons. The summed E-state index contributed by atoms with van der Waals surface area (Å²) in [5, 5.41) is 9.32. The number of nitriles is 1. The van der Waals surface area contributed by atoms with Gasteiger partial charge in [0.05, 0.1) is 11.6 Å². The van der Waals surface area contributed by atoms with Gasteiger partial charge in [0.15, 0.2) is 5.75 Å². The molecule has 104 valence electrons. The van der Waals surface area contributed by atoms with E-state index in [1.807, 2.05) is 6.07 Å². The first kappa shape index (κ1) is 14.1. The van der Waals surface area contributed by atoms with Crippen molar-refractivity contribution in [1.82, 2.24) is 0 Å². The van der Waals surface area contributed by atoms with Crippen LogP contribution in [0.2, 0.25) is 0 Å². The Kier molecular flexibility index (Phi) is 3.31. The van der Waals surface area contributed by atoms with E-state index in [0.29, 0.717) is 5.39 Å². The van der Waals surface area contributed by atoms with Gasteiger partial charge in [0.1, 0.15) is 0 Å². The van der Waals surface area contributed by atoms with Crippen molar-refractivity contribution in [3.8, 4) is 11.8 Å². The average Bonchev–Trinajstić information content (AvgIpc) is 2.36. The maximum atomic E-state index is 12.3. The zero-order valence-corrected chi connectivity index (χ0v) is 10.5. The third kappa shape index (κ3) is 2.40. The number of nitrogens with zero attached hydrogens (tertiary/aromatic N) is 1. The number of alkyl halides is 3. The summed E-state index contributed by atoms with van der Waals surface area (Å²) in [5.41, 5.74) is -5.31. The summed E-state index contributed by atoms with van der Waals surface area (Å²) >= 11 is 0. The fourth-order valence-corrected chi connectivity index (χ4v) is 2.09. The van der Waals surface area contributed by atoms with Crippen molar-refractivity contribution in [2.75, 3.05) is 0 Å². The second-order valence-corrected chi connectivity index (χ2v) is 5.29. The number of rotatable bonds is 2. The fraction of sp³-hybridized carbons (Fsp3) is 0.0833. The lowest BCUT2D eigenvalue weighted by molar-refractivity contribution is -0.0499. The smallest absolute Gasteiger partial charge is 0.375 e. The lowest BCUT2D eigenvalue weighted by Gasteiger charge is -2.11. The summed E-state index contributed by atoms with van der Waals surface area (Å²) in [4.78, 5) is 0. The normalized spacial score (nSPS) is 12.1. The highest BCUT2D eigenvalue weighted by Gasteiger charge is 2.48. The largest absolute Gasteiger partial charge is 0.534 e. The van der Waals surface area contributed by atoms with E-state index in [0.717, 1.165) is 6.07 Å². The summed E-state index contributed by atoms with van der Waals surface area (Å²) in [7, 11) is -5.74. The van der Waals surface area contributed by atoms with Crippen LogP contribution in [0.25, 0.3) is 10.8 Å². The molecular formula is C12H6F3NO3S. The molecule has 0 fully saturated rings. The number of fused-ring (bicyclic) bond motifs is 1. The first-order valence-corrected chi connectivity index (χ1v) is 6.60. The van der Waals surface area contributed by atoms with Gasteiger partial charge in [-0.1, -0.05) is 24.3 Å². The molecule has 0 aliphatic carbocycles. The Bertz CT molecular complexity index is 807. The van der Waals surface area contributed by atoms with E-state index in [4.69, 9.17) is 5.26 Å². The minimum absolute atomic E-state index is 0.111. The van der Waals surface area contributed by atoms with Crippen LogP contribution in [0, 0.1) is 11.3 Å². The van der Waals surface area contributed by atoms with E-state index < -0.39 is 21.4 Å². The molecule has 0 atom stereocenters. The van der Waals surface area contributed by atoms with Gasteiger partial charge >= 0.3 is 15.6 Å². The van der Waals surface area contributed by atoms with Gasteiger partial charge in [-0.05, 0) is 12.1 Å². The van der Waals surface area contributed by atoms with E-state index >= 15 is 0 Å². The van der Waals surface area contributed by atoms with Crippen molar-refractivity contribution in [2.24, 2.45) is 0 Å². The Morgan fingerprint density at radius 1 is 1.05 bits per heavy atom. The van der Waals surface area contributed by atoms with E-state index in [2.05, 4.69) is 4.18 Å². The van der Waals surface area contributed by atoms with E-state index in [-0.39, 0.29) is 10.9 Å². The lowest BCUT2D eigenvalue weighted by Crippen LogP contribution is -2.28. The molecule has 0 spiro atoms. The number of halogens is 3. The van der Waals surface area contributed by atoms with Crippen LogP contribution in [0.15, 0.2) is 36.4 Å². The number of hydrogen-bond acceptors (Lipinski definition) is 4. The van der Waals surface area contributed by atoms with Crippen molar-refractivity contribution in [1.29, 1.82) is 5.26 Å². The molecule has 0 aliphatic rings. The van der Waals surface area contributed by atoms with Crippen molar-refractivity contribution in [2.45, 2.75) is 5.51 Å². The molecule has 2 aromatic carbocycles. The van der Waals surface area contributed by atoms with Gasteiger partial charge in [0.25, 0.3) is 0 Å². The van der Waals surface area contributed by atoms with Gasteiger partial charge in [0, 0.05) is 10.8 Å². The van der Waals surface area contributed by atoms with Crippen molar-refractivity contribution >= 4 is 20.9 Å². The van der Waals surface area contributed by atoms with Gasteiger partial charge < -0.3 is 4.18 Å². The molecule has 0 aliphatic heterocycles. The molecule has 0 saturated carbocycles. The molecule has 0 aromatic heterocycles. The zero-order chi connectivity index (χ0) is 15.0. The zero-order valence-electron chi connectivity index (χ0n) is 9.68. The van der Waals surface area contributed by atoms with Crippen molar-refractivity contribution in [3.63, 3.8) is 0 Å². The molecular weight excluding hydrogens is 295 g/mol. The quantitative estimate of drug-likeness (QED) is 0.632. The van der Waals surface area contributed by atoms with Gasteiger partial charge in [0.2, 0.25) is 0 Å². The number of hydrogen-bond donors (Lipinski definition) is 0. The van der Waals surface area contributed by atoms with Crippen LogP contribution in [0.3, 0.4) is 0 Å². The predicted octanol–water partition coefficient (Wildman–Crippen LogP) is 2.94.